The lowest BCUT2D eigenvalue weighted by Gasteiger charge is -2.35. The molecule has 0 amide bonds. The van der Waals surface area contributed by atoms with Crippen LogP contribution in [-0.4, -0.2) is 0 Å². The predicted octanol–water partition coefficient (Wildman–Crippen LogP) is 12.9. The van der Waals surface area contributed by atoms with E-state index in [4.69, 9.17) is 4.42 Å². The molecule has 0 saturated carbocycles. The summed E-state index contributed by atoms with van der Waals surface area (Å²) < 4.78 is 6.45. The number of hydrogen-bond donors (Lipinski definition) is 0. The molecule has 1 heterocycles. The third-order valence-corrected chi connectivity index (χ3v) is 10.6. The molecule has 0 spiro atoms. The number of hydrogen-bond acceptors (Lipinski definition) is 2. The van der Waals surface area contributed by atoms with Crippen molar-refractivity contribution in [1.82, 2.24) is 0 Å². The van der Waals surface area contributed by atoms with Gasteiger partial charge in [0.1, 0.15) is 11.2 Å². The smallest absolute Gasteiger partial charge is 0.137 e. The SMILES string of the molecule is Cc1ccc2c(c1)C(c1ccccc1)(c1ccccc1)c1cc(N(c3ccccc3)c3cccc4oc5ccccc5c34)c3ccccc3c1-2. The van der Waals surface area contributed by atoms with E-state index in [1.807, 2.05) is 6.07 Å². The topological polar surface area (TPSA) is 16.4 Å². The monoisotopic (exact) mass is 639 g/mol. The Morgan fingerprint density at radius 2 is 1.06 bits per heavy atom. The molecule has 2 heteroatoms. The molecule has 0 atom stereocenters. The average Bonchev–Trinajstić information content (AvgIpc) is 3.70. The summed E-state index contributed by atoms with van der Waals surface area (Å²) in [6.45, 7) is 2.21. The molecular weight excluding hydrogens is 607 g/mol. The quantitative estimate of drug-likeness (QED) is 0.186. The van der Waals surface area contributed by atoms with E-state index >= 15 is 0 Å². The van der Waals surface area contributed by atoms with Crippen LogP contribution in [0.5, 0.6) is 0 Å². The molecule has 9 aromatic rings. The number of aryl methyl sites for hydroxylation is 1. The average molecular weight is 640 g/mol. The summed E-state index contributed by atoms with van der Waals surface area (Å²) in [4.78, 5) is 2.45. The largest absolute Gasteiger partial charge is 0.456 e. The highest BCUT2D eigenvalue weighted by molar-refractivity contribution is 6.16. The van der Waals surface area contributed by atoms with Gasteiger partial charge in [-0.2, -0.15) is 0 Å². The van der Waals surface area contributed by atoms with E-state index in [9.17, 15) is 0 Å². The van der Waals surface area contributed by atoms with E-state index in [0.29, 0.717) is 0 Å². The Morgan fingerprint density at radius 1 is 0.460 bits per heavy atom. The minimum atomic E-state index is -0.533. The maximum Gasteiger partial charge on any atom is 0.137 e. The van der Waals surface area contributed by atoms with Crippen LogP contribution < -0.4 is 4.90 Å². The molecule has 1 aliphatic rings. The lowest BCUT2D eigenvalue weighted by Crippen LogP contribution is -2.29. The minimum absolute atomic E-state index is 0.533. The van der Waals surface area contributed by atoms with Crippen LogP contribution >= 0.6 is 0 Å². The number of nitrogens with zero attached hydrogens (tertiary/aromatic N) is 1. The molecule has 0 N–H and O–H groups in total. The third-order valence-electron chi connectivity index (χ3n) is 10.6. The zero-order valence-electron chi connectivity index (χ0n) is 27.7. The molecule has 0 aliphatic heterocycles. The first-order valence-electron chi connectivity index (χ1n) is 17.3. The molecule has 50 heavy (non-hydrogen) atoms. The fourth-order valence-corrected chi connectivity index (χ4v) is 8.55. The second-order valence-corrected chi connectivity index (χ2v) is 13.3. The maximum atomic E-state index is 6.45. The van der Waals surface area contributed by atoms with Crippen LogP contribution in [0.1, 0.15) is 27.8 Å². The van der Waals surface area contributed by atoms with E-state index < -0.39 is 5.41 Å². The van der Waals surface area contributed by atoms with Gasteiger partial charge in [0, 0.05) is 16.5 Å². The minimum Gasteiger partial charge on any atom is -0.456 e. The maximum absolute atomic E-state index is 6.45. The van der Waals surface area contributed by atoms with Gasteiger partial charge < -0.3 is 9.32 Å². The highest BCUT2D eigenvalue weighted by Gasteiger charge is 2.47. The predicted molar refractivity (Wildman–Crippen MR) is 208 cm³/mol. The highest BCUT2D eigenvalue weighted by Crippen LogP contribution is 2.60. The normalized spacial score (nSPS) is 13.1. The van der Waals surface area contributed by atoms with Gasteiger partial charge >= 0.3 is 0 Å². The lowest BCUT2D eigenvalue weighted by atomic mass is 9.67. The Labute approximate surface area is 291 Å². The van der Waals surface area contributed by atoms with Gasteiger partial charge in [0.2, 0.25) is 0 Å². The van der Waals surface area contributed by atoms with E-state index in [2.05, 4.69) is 188 Å². The van der Waals surface area contributed by atoms with Gasteiger partial charge in [0.25, 0.3) is 0 Å². The molecule has 236 valence electrons. The fraction of sp³-hybridized carbons (Fsp3) is 0.0417. The van der Waals surface area contributed by atoms with Crippen LogP contribution in [0.3, 0.4) is 0 Å². The molecule has 0 radical (unpaired) electrons. The zero-order chi connectivity index (χ0) is 33.2. The summed E-state index contributed by atoms with van der Waals surface area (Å²) >= 11 is 0. The van der Waals surface area contributed by atoms with Crippen LogP contribution in [0, 0.1) is 6.92 Å². The molecule has 1 aromatic heterocycles. The molecule has 0 saturated heterocycles. The summed E-state index contributed by atoms with van der Waals surface area (Å²) in [6.07, 6.45) is 0. The van der Waals surface area contributed by atoms with Crippen molar-refractivity contribution in [1.29, 1.82) is 0 Å². The van der Waals surface area contributed by atoms with Crippen molar-refractivity contribution < 1.29 is 4.42 Å². The number of furan rings is 1. The third kappa shape index (κ3) is 4.02. The summed E-state index contributed by atoms with van der Waals surface area (Å²) in [5.41, 5.74) is 13.5. The Hall–Kier alpha value is -6.38. The van der Waals surface area contributed by atoms with Crippen LogP contribution in [0.4, 0.5) is 17.1 Å². The van der Waals surface area contributed by atoms with Crippen molar-refractivity contribution >= 4 is 49.8 Å². The Balaban J connectivity index is 1.39. The summed E-state index contributed by atoms with van der Waals surface area (Å²) in [5.74, 6) is 0. The van der Waals surface area contributed by atoms with Crippen LogP contribution in [0.15, 0.2) is 186 Å². The first-order valence-corrected chi connectivity index (χ1v) is 17.3. The molecular formula is C48H33NO. The van der Waals surface area contributed by atoms with Gasteiger partial charge in [-0.05, 0) is 82.1 Å². The second-order valence-electron chi connectivity index (χ2n) is 13.3. The van der Waals surface area contributed by atoms with Crippen molar-refractivity contribution in [3.8, 4) is 11.1 Å². The first-order chi connectivity index (χ1) is 24.7. The van der Waals surface area contributed by atoms with Gasteiger partial charge in [-0.3, -0.25) is 0 Å². The summed E-state index contributed by atoms with van der Waals surface area (Å²) in [5, 5.41) is 4.65. The molecule has 2 nitrogen and oxygen atoms in total. The van der Waals surface area contributed by atoms with Crippen molar-refractivity contribution in [3.63, 3.8) is 0 Å². The number of fused-ring (bicyclic) bond motifs is 8. The van der Waals surface area contributed by atoms with Crippen LogP contribution in [0.2, 0.25) is 0 Å². The summed E-state index contributed by atoms with van der Waals surface area (Å²) in [6, 6.07) is 66.2. The van der Waals surface area contributed by atoms with Crippen LogP contribution in [0.25, 0.3) is 43.8 Å². The van der Waals surface area contributed by atoms with E-state index in [1.54, 1.807) is 0 Å². The Morgan fingerprint density at radius 3 is 1.78 bits per heavy atom. The van der Waals surface area contributed by atoms with Crippen molar-refractivity contribution in [2.24, 2.45) is 0 Å². The number of rotatable bonds is 5. The van der Waals surface area contributed by atoms with E-state index in [-0.39, 0.29) is 0 Å². The second kappa shape index (κ2) is 11.1. The van der Waals surface area contributed by atoms with Gasteiger partial charge in [0.15, 0.2) is 0 Å². The van der Waals surface area contributed by atoms with E-state index in [1.165, 1.54) is 49.7 Å². The summed E-state index contributed by atoms with van der Waals surface area (Å²) in [7, 11) is 0. The molecule has 8 aromatic carbocycles. The van der Waals surface area contributed by atoms with Crippen molar-refractivity contribution in [2.75, 3.05) is 4.90 Å². The first kappa shape index (κ1) is 28.6. The van der Waals surface area contributed by atoms with Crippen molar-refractivity contribution in [2.45, 2.75) is 12.3 Å². The standard InChI is InChI=1S/C48H33NO/c1-32-28-29-38-40(30-32)48(33-16-5-2-6-17-33,34-18-7-3-8-19-34)41-31-43(36-22-11-12-23-37(36)46(38)41)49(35-20-9-4-10-21-35)42-25-15-27-45-47(42)39-24-13-14-26-44(39)50-45/h2-31H,1H3. The Bertz CT molecular complexity index is 2670. The van der Waals surface area contributed by atoms with Gasteiger partial charge in [0.05, 0.1) is 22.2 Å². The van der Waals surface area contributed by atoms with Gasteiger partial charge in [-0.25, -0.2) is 0 Å². The number of para-hydroxylation sites is 2. The molecule has 0 unspecified atom stereocenters. The highest BCUT2D eigenvalue weighted by atomic mass is 16.3. The number of anilines is 3. The molecule has 0 bridgehead atoms. The van der Waals surface area contributed by atoms with Crippen molar-refractivity contribution in [3.05, 3.63) is 210 Å². The Kier molecular flexibility index (Phi) is 6.34. The van der Waals surface area contributed by atoms with Gasteiger partial charge in [-0.1, -0.05) is 151 Å². The lowest BCUT2D eigenvalue weighted by molar-refractivity contribution is 0.669. The van der Waals surface area contributed by atoms with Crippen LogP contribution in [-0.2, 0) is 5.41 Å². The zero-order valence-corrected chi connectivity index (χ0v) is 27.7. The van der Waals surface area contributed by atoms with Gasteiger partial charge in [-0.15, -0.1) is 0 Å². The fourth-order valence-electron chi connectivity index (χ4n) is 8.55. The molecule has 1 aliphatic carbocycles. The molecule has 0 fully saturated rings. The van der Waals surface area contributed by atoms with E-state index in [0.717, 1.165) is 39.0 Å². The molecule has 10 rings (SSSR count). The number of benzene rings is 8.